The third kappa shape index (κ3) is 3.06. The van der Waals surface area contributed by atoms with Gasteiger partial charge in [-0.2, -0.15) is 0 Å². The van der Waals surface area contributed by atoms with Crippen LogP contribution in [-0.2, 0) is 24.0 Å². The van der Waals surface area contributed by atoms with Crippen LogP contribution in [0.4, 0.5) is 0 Å². The zero-order valence-electron chi connectivity index (χ0n) is 19.2. The molecule has 1 spiro atoms. The molecule has 1 aliphatic carbocycles. The first-order chi connectivity index (χ1) is 15.8. The Balaban J connectivity index is 1.34. The van der Waals surface area contributed by atoms with Crippen LogP contribution >= 0.6 is 0 Å². The molecule has 5 aliphatic rings. The summed E-state index contributed by atoms with van der Waals surface area (Å²) in [6, 6.07) is 10.7. The lowest BCUT2D eigenvalue weighted by Gasteiger charge is -2.59. The Morgan fingerprint density at radius 3 is 2.73 bits per heavy atom. The van der Waals surface area contributed by atoms with Crippen LogP contribution in [0, 0.1) is 23.7 Å². The molecule has 0 unspecified atom stereocenters. The molecular weight excluding hydrogens is 424 g/mol. The van der Waals surface area contributed by atoms with Crippen molar-refractivity contribution >= 4 is 16.7 Å². The summed E-state index contributed by atoms with van der Waals surface area (Å²) in [5.41, 5.74) is -0.563. The third-order valence-electron chi connectivity index (χ3n) is 8.43. The molecule has 1 saturated carbocycles. The predicted molar refractivity (Wildman–Crippen MR) is 118 cm³/mol. The van der Waals surface area contributed by atoms with Gasteiger partial charge in [-0.3, -0.25) is 0 Å². The fraction of sp³-hybridized carbons (Fsp3) is 0.577. The van der Waals surface area contributed by atoms with Gasteiger partial charge >= 0.3 is 5.97 Å². The number of carbonyl (C=O) groups is 1. The molecule has 0 radical (unpaired) electrons. The SMILES string of the molecule is C[C@H]1[C@@H](OC(=O)c2c(O)ccc3ccccc23)O[C@@H]2O[C@@]3(C)CC[C@H]4[C@H](C)CC[C@@H]1[C@@]24OO3. The second-order valence-electron chi connectivity index (χ2n) is 10.4. The van der Waals surface area contributed by atoms with Crippen molar-refractivity contribution in [2.75, 3.05) is 0 Å². The number of ether oxygens (including phenoxy) is 3. The molecule has 4 aliphatic heterocycles. The number of hydrogen-bond donors (Lipinski definition) is 1. The van der Waals surface area contributed by atoms with Crippen LogP contribution in [0.15, 0.2) is 36.4 Å². The Labute approximate surface area is 192 Å². The van der Waals surface area contributed by atoms with Gasteiger partial charge in [0.15, 0.2) is 11.9 Å². The summed E-state index contributed by atoms with van der Waals surface area (Å²) >= 11 is 0. The van der Waals surface area contributed by atoms with Gasteiger partial charge in [-0.05, 0) is 54.9 Å². The van der Waals surface area contributed by atoms with Gasteiger partial charge in [-0.1, -0.05) is 44.2 Å². The summed E-state index contributed by atoms with van der Waals surface area (Å²) in [4.78, 5) is 25.3. The van der Waals surface area contributed by atoms with E-state index in [1.807, 2.05) is 32.0 Å². The average Bonchev–Trinajstić information content (AvgIpc) is 3.03. The van der Waals surface area contributed by atoms with E-state index in [1.165, 1.54) is 6.07 Å². The molecule has 4 saturated heterocycles. The number of phenols is 1. The zero-order chi connectivity index (χ0) is 23.0. The van der Waals surface area contributed by atoms with Crippen LogP contribution in [-0.4, -0.2) is 35.0 Å². The number of phenolic OH excluding ortho intramolecular Hbond substituents is 1. The van der Waals surface area contributed by atoms with Crippen LogP contribution in [0.25, 0.3) is 10.8 Å². The van der Waals surface area contributed by atoms with E-state index in [0.29, 0.717) is 11.3 Å². The van der Waals surface area contributed by atoms with Gasteiger partial charge in [0.25, 0.3) is 0 Å². The maximum absolute atomic E-state index is 13.3. The summed E-state index contributed by atoms with van der Waals surface area (Å²) < 4.78 is 18.6. The molecule has 2 aromatic rings. The lowest BCUT2D eigenvalue weighted by Crippen LogP contribution is -2.70. The van der Waals surface area contributed by atoms with E-state index in [2.05, 4.69) is 6.92 Å². The molecule has 176 valence electrons. The minimum absolute atomic E-state index is 0.0546. The van der Waals surface area contributed by atoms with E-state index in [9.17, 15) is 9.90 Å². The second-order valence-corrected chi connectivity index (χ2v) is 10.4. The number of hydrogen-bond acceptors (Lipinski definition) is 7. The second kappa shape index (κ2) is 7.40. The average molecular weight is 455 g/mol. The van der Waals surface area contributed by atoms with Crippen LogP contribution in [0.2, 0.25) is 0 Å². The smallest absolute Gasteiger partial charge is 0.344 e. The summed E-state index contributed by atoms with van der Waals surface area (Å²) in [5, 5.41) is 12.0. The number of benzene rings is 2. The molecule has 1 N–H and O–H groups in total. The molecule has 0 amide bonds. The fourth-order valence-corrected chi connectivity index (χ4v) is 6.65. The molecule has 2 aromatic carbocycles. The molecular formula is C26H30O7. The first-order valence-corrected chi connectivity index (χ1v) is 11.9. The minimum Gasteiger partial charge on any atom is -0.507 e. The highest BCUT2D eigenvalue weighted by molar-refractivity contribution is 6.07. The molecule has 4 heterocycles. The predicted octanol–water partition coefficient (Wildman–Crippen LogP) is 4.91. The Hall–Kier alpha value is -2.19. The lowest BCUT2D eigenvalue weighted by atomic mass is 9.58. The maximum Gasteiger partial charge on any atom is 0.344 e. The number of esters is 1. The highest BCUT2D eigenvalue weighted by Gasteiger charge is 2.69. The fourth-order valence-electron chi connectivity index (χ4n) is 6.65. The Morgan fingerprint density at radius 2 is 1.88 bits per heavy atom. The van der Waals surface area contributed by atoms with Gasteiger partial charge in [-0.25, -0.2) is 14.6 Å². The topological polar surface area (TPSA) is 83.5 Å². The molecule has 33 heavy (non-hydrogen) atoms. The van der Waals surface area contributed by atoms with Crippen molar-refractivity contribution < 1.29 is 33.9 Å². The molecule has 0 aromatic heterocycles. The normalized spacial score (nSPS) is 41.9. The first-order valence-electron chi connectivity index (χ1n) is 11.9. The van der Waals surface area contributed by atoms with Gasteiger partial charge in [-0.15, -0.1) is 0 Å². The van der Waals surface area contributed by atoms with Crippen molar-refractivity contribution in [3.63, 3.8) is 0 Å². The molecule has 7 heteroatoms. The van der Waals surface area contributed by atoms with Crippen LogP contribution < -0.4 is 0 Å². The number of fused-ring (bicyclic) bond motifs is 3. The standard InChI is InChI=1S/C26H30O7/c1-14-8-10-19-15(2)23(30-24-26(19)18(14)12-13-25(3,31-24)32-33-26)29-22(28)21-17-7-5-4-6-16(17)9-11-20(21)27/h4-7,9,11,14-15,18-19,23-24,27H,8,10,12-13H2,1-3H3/t14-,15-,18+,19+,23+,24-,25-,26-/m1/s1. The molecule has 5 fully saturated rings. The van der Waals surface area contributed by atoms with Crippen molar-refractivity contribution in [1.29, 1.82) is 0 Å². The van der Waals surface area contributed by atoms with E-state index in [1.54, 1.807) is 12.1 Å². The summed E-state index contributed by atoms with van der Waals surface area (Å²) in [6.07, 6.45) is 2.13. The number of rotatable bonds is 2. The van der Waals surface area contributed by atoms with E-state index in [-0.39, 0.29) is 29.1 Å². The Kier molecular flexibility index (Phi) is 4.79. The molecule has 7 rings (SSSR count). The molecule has 2 bridgehead atoms. The lowest BCUT2D eigenvalue weighted by molar-refractivity contribution is -0.576. The van der Waals surface area contributed by atoms with Crippen LogP contribution in [0.1, 0.15) is 56.8 Å². The van der Waals surface area contributed by atoms with Gasteiger partial charge in [0.1, 0.15) is 11.3 Å². The number of carbonyl (C=O) groups excluding carboxylic acids is 1. The maximum atomic E-state index is 13.3. The van der Waals surface area contributed by atoms with Gasteiger partial charge in [0.2, 0.25) is 12.1 Å². The summed E-state index contributed by atoms with van der Waals surface area (Å²) in [7, 11) is 0. The monoisotopic (exact) mass is 454 g/mol. The van der Waals surface area contributed by atoms with Gasteiger partial charge in [0, 0.05) is 18.3 Å². The van der Waals surface area contributed by atoms with Crippen LogP contribution in [0.3, 0.4) is 0 Å². The highest BCUT2D eigenvalue weighted by Crippen LogP contribution is 2.60. The Morgan fingerprint density at radius 1 is 1.06 bits per heavy atom. The summed E-state index contributed by atoms with van der Waals surface area (Å²) in [5.74, 6) is -0.989. The van der Waals surface area contributed by atoms with E-state index >= 15 is 0 Å². The van der Waals surface area contributed by atoms with Crippen molar-refractivity contribution in [1.82, 2.24) is 0 Å². The largest absolute Gasteiger partial charge is 0.507 e. The quantitative estimate of drug-likeness (QED) is 0.510. The Bertz CT molecular complexity index is 1100. The third-order valence-corrected chi connectivity index (χ3v) is 8.43. The molecule has 7 nitrogen and oxygen atoms in total. The van der Waals surface area contributed by atoms with E-state index in [4.69, 9.17) is 24.0 Å². The molecule has 8 atom stereocenters. The van der Waals surface area contributed by atoms with Crippen molar-refractivity contribution in [2.45, 2.75) is 70.4 Å². The summed E-state index contributed by atoms with van der Waals surface area (Å²) in [6.45, 7) is 6.16. The van der Waals surface area contributed by atoms with Crippen molar-refractivity contribution in [3.05, 3.63) is 42.0 Å². The van der Waals surface area contributed by atoms with Gasteiger partial charge in [0.05, 0.1) is 0 Å². The minimum atomic E-state index is -0.888. The van der Waals surface area contributed by atoms with E-state index in [0.717, 1.165) is 31.1 Å². The van der Waals surface area contributed by atoms with E-state index < -0.39 is 29.9 Å². The van der Waals surface area contributed by atoms with Crippen molar-refractivity contribution in [3.8, 4) is 5.75 Å². The zero-order valence-corrected chi connectivity index (χ0v) is 19.2. The first kappa shape index (κ1) is 21.4. The number of aromatic hydroxyl groups is 1. The highest BCUT2D eigenvalue weighted by atomic mass is 17.3. The van der Waals surface area contributed by atoms with Crippen LogP contribution in [0.5, 0.6) is 5.75 Å². The van der Waals surface area contributed by atoms with Crippen molar-refractivity contribution in [2.24, 2.45) is 23.7 Å². The van der Waals surface area contributed by atoms with Gasteiger partial charge < -0.3 is 19.3 Å².